The van der Waals surface area contributed by atoms with Crippen molar-refractivity contribution >= 4 is 5.91 Å². The molecule has 0 aliphatic carbocycles. The van der Waals surface area contributed by atoms with E-state index < -0.39 is 0 Å². The lowest BCUT2D eigenvalue weighted by molar-refractivity contribution is -0.136. The van der Waals surface area contributed by atoms with Gasteiger partial charge in [0, 0.05) is 26.2 Å². The molecule has 100 valence electrons. The fourth-order valence-electron chi connectivity index (χ4n) is 1.94. The quantitative estimate of drug-likeness (QED) is 0.679. The van der Waals surface area contributed by atoms with Crippen LogP contribution in [0.25, 0.3) is 0 Å². The molecule has 0 atom stereocenters. The summed E-state index contributed by atoms with van der Waals surface area (Å²) in [4.78, 5) is 16.1. The Labute approximate surface area is 104 Å². The molecule has 5 nitrogen and oxygen atoms in total. The van der Waals surface area contributed by atoms with E-state index in [-0.39, 0.29) is 5.91 Å². The molecule has 0 aromatic carbocycles. The lowest BCUT2D eigenvalue weighted by atomic mass is 10.3. The number of nitrogens with zero attached hydrogens (tertiary/aromatic N) is 2. The van der Waals surface area contributed by atoms with Crippen LogP contribution in [0.2, 0.25) is 0 Å². The topological polar surface area (TPSA) is 58.8 Å². The van der Waals surface area contributed by atoms with E-state index in [1.54, 1.807) is 0 Å². The Hall–Kier alpha value is -0.650. The van der Waals surface area contributed by atoms with Crippen LogP contribution < -0.4 is 5.73 Å². The van der Waals surface area contributed by atoms with Crippen LogP contribution in [0.15, 0.2) is 0 Å². The van der Waals surface area contributed by atoms with E-state index in [1.807, 2.05) is 4.90 Å². The van der Waals surface area contributed by atoms with E-state index in [9.17, 15) is 4.79 Å². The molecule has 1 rings (SSSR count). The van der Waals surface area contributed by atoms with E-state index in [2.05, 4.69) is 11.8 Å². The second-order valence-electron chi connectivity index (χ2n) is 4.41. The molecule has 0 unspecified atom stereocenters. The molecule has 1 heterocycles. The highest BCUT2D eigenvalue weighted by Crippen LogP contribution is 2.01. The lowest BCUT2D eigenvalue weighted by Crippen LogP contribution is -2.46. The van der Waals surface area contributed by atoms with Crippen LogP contribution in [0.4, 0.5) is 0 Å². The number of carbonyl (C=O) groups is 1. The maximum Gasteiger partial charge on any atom is 0.236 e. The summed E-state index contributed by atoms with van der Waals surface area (Å²) >= 11 is 0. The lowest BCUT2D eigenvalue weighted by Gasteiger charge is -2.29. The molecule has 17 heavy (non-hydrogen) atoms. The van der Waals surface area contributed by atoms with Crippen molar-refractivity contribution in [1.82, 2.24) is 9.80 Å². The summed E-state index contributed by atoms with van der Waals surface area (Å²) in [5.41, 5.74) is 5.57. The number of morpholine rings is 1. The number of ether oxygens (including phenoxy) is 1. The summed E-state index contributed by atoms with van der Waals surface area (Å²) < 4.78 is 5.24. The average Bonchev–Trinajstić information content (AvgIpc) is 2.37. The summed E-state index contributed by atoms with van der Waals surface area (Å²) in [7, 11) is 0. The normalized spacial score (nSPS) is 16.5. The Morgan fingerprint density at radius 3 is 2.65 bits per heavy atom. The zero-order valence-corrected chi connectivity index (χ0v) is 10.9. The predicted molar refractivity (Wildman–Crippen MR) is 67.8 cm³/mol. The van der Waals surface area contributed by atoms with Gasteiger partial charge in [0.25, 0.3) is 0 Å². The molecule has 0 radical (unpaired) electrons. The van der Waals surface area contributed by atoms with Gasteiger partial charge in [-0.25, -0.2) is 0 Å². The summed E-state index contributed by atoms with van der Waals surface area (Å²) in [6.07, 6.45) is 2.27. The molecular formula is C12H25N3O2. The molecule has 1 aliphatic rings. The number of amides is 1. The molecule has 1 amide bonds. The Morgan fingerprint density at radius 1 is 1.35 bits per heavy atom. The second kappa shape index (κ2) is 8.44. The summed E-state index contributed by atoms with van der Waals surface area (Å²) in [5.74, 6) is 0.206. The van der Waals surface area contributed by atoms with Crippen molar-refractivity contribution < 1.29 is 9.53 Å². The van der Waals surface area contributed by atoms with Crippen LogP contribution in [0, 0.1) is 0 Å². The van der Waals surface area contributed by atoms with Gasteiger partial charge in [-0.3, -0.25) is 9.69 Å². The van der Waals surface area contributed by atoms with E-state index in [4.69, 9.17) is 10.5 Å². The van der Waals surface area contributed by atoms with Crippen molar-refractivity contribution in [2.45, 2.75) is 19.8 Å². The van der Waals surface area contributed by atoms with Gasteiger partial charge in [0.05, 0.1) is 19.8 Å². The maximum absolute atomic E-state index is 12.0. The van der Waals surface area contributed by atoms with Crippen LogP contribution >= 0.6 is 0 Å². The largest absolute Gasteiger partial charge is 0.378 e. The number of rotatable bonds is 7. The summed E-state index contributed by atoms with van der Waals surface area (Å²) in [5, 5.41) is 0. The van der Waals surface area contributed by atoms with Crippen molar-refractivity contribution in [3.05, 3.63) is 0 Å². The van der Waals surface area contributed by atoms with Gasteiger partial charge in [-0.1, -0.05) is 13.3 Å². The Kier molecular flexibility index (Phi) is 7.16. The molecular weight excluding hydrogens is 218 g/mol. The highest BCUT2D eigenvalue weighted by atomic mass is 16.5. The SMILES string of the molecule is CCCCN(CCN)CC(=O)N1CCOCC1. The van der Waals surface area contributed by atoms with Crippen molar-refractivity contribution in [2.24, 2.45) is 5.73 Å². The van der Waals surface area contributed by atoms with Crippen LogP contribution in [-0.2, 0) is 9.53 Å². The monoisotopic (exact) mass is 243 g/mol. The zero-order chi connectivity index (χ0) is 12.5. The smallest absolute Gasteiger partial charge is 0.236 e. The third-order valence-corrected chi connectivity index (χ3v) is 3.00. The van der Waals surface area contributed by atoms with Gasteiger partial charge < -0.3 is 15.4 Å². The van der Waals surface area contributed by atoms with E-state index in [0.717, 1.165) is 39.0 Å². The fraction of sp³-hybridized carbons (Fsp3) is 0.917. The third-order valence-electron chi connectivity index (χ3n) is 3.00. The van der Waals surface area contributed by atoms with Gasteiger partial charge in [0.15, 0.2) is 0 Å². The van der Waals surface area contributed by atoms with Crippen LogP contribution in [-0.4, -0.2) is 68.2 Å². The number of hydrogen-bond acceptors (Lipinski definition) is 4. The number of nitrogens with two attached hydrogens (primary N) is 1. The van der Waals surface area contributed by atoms with Crippen molar-refractivity contribution in [3.8, 4) is 0 Å². The Bertz CT molecular complexity index is 218. The van der Waals surface area contributed by atoms with Crippen molar-refractivity contribution in [2.75, 3.05) is 52.5 Å². The van der Waals surface area contributed by atoms with Crippen LogP contribution in [0.1, 0.15) is 19.8 Å². The molecule has 1 fully saturated rings. The van der Waals surface area contributed by atoms with E-state index in [0.29, 0.717) is 26.3 Å². The van der Waals surface area contributed by atoms with Gasteiger partial charge in [0.1, 0.15) is 0 Å². The van der Waals surface area contributed by atoms with Gasteiger partial charge in [0.2, 0.25) is 5.91 Å². The molecule has 0 saturated carbocycles. The first-order valence-corrected chi connectivity index (χ1v) is 6.56. The third kappa shape index (κ3) is 5.48. The molecule has 0 aromatic heterocycles. The van der Waals surface area contributed by atoms with Gasteiger partial charge in [-0.2, -0.15) is 0 Å². The van der Waals surface area contributed by atoms with Gasteiger partial charge in [-0.15, -0.1) is 0 Å². The number of unbranched alkanes of at least 4 members (excludes halogenated alkanes) is 1. The minimum atomic E-state index is 0.206. The van der Waals surface area contributed by atoms with Crippen LogP contribution in [0.3, 0.4) is 0 Å². The maximum atomic E-state index is 12.0. The molecule has 2 N–H and O–H groups in total. The first kappa shape index (κ1) is 14.4. The first-order chi connectivity index (χ1) is 8.27. The average molecular weight is 243 g/mol. The van der Waals surface area contributed by atoms with Crippen molar-refractivity contribution in [3.63, 3.8) is 0 Å². The minimum Gasteiger partial charge on any atom is -0.378 e. The summed E-state index contributed by atoms with van der Waals surface area (Å²) in [6, 6.07) is 0. The first-order valence-electron chi connectivity index (χ1n) is 6.56. The molecule has 0 spiro atoms. The van der Waals surface area contributed by atoms with Gasteiger partial charge in [-0.05, 0) is 13.0 Å². The number of carbonyl (C=O) groups excluding carboxylic acids is 1. The zero-order valence-electron chi connectivity index (χ0n) is 10.9. The van der Waals surface area contributed by atoms with Crippen LogP contribution in [0.5, 0.6) is 0 Å². The standard InChI is InChI=1S/C12H25N3O2/c1-2-3-5-14(6-4-13)11-12(16)15-7-9-17-10-8-15/h2-11,13H2,1H3. The van der Waals surface area contributed by atoms with Crippen molar-refractivity contribution in [1.29, 1.82) is 0 Å². The highest BCUT2D eigenvalue weighted by molar-refractivity contribution is 5.78. The molecule has 0 bridgehead atoms. The summed E-state index contributed by atoms with van der Waals surface area (Å²) in [6.45, 7) is 7.81. The predicted octanol–water partition coefficient (Wildman–Crippen LogP) is -0.0940. The molecule has 1 saturated heterocycles. The molecule has 5 heteroatoms. The Morgan fingerprint density at radius 2 is 2.06 bits per heavy atom. The van der Waals surface area contributed by atoms with E-state index >= 15 is 0 Å². The molecule has 1 aliphatic heterocycles. The Balaban J connectivity index is 2.33. The minimum absolute atomic E-state index is 0.206. The molecule has 0 aromatic rings. The van der Waals surface area contributed by atoms with Gasteiger partial charge >= 0.3 is 0 Å². The second-order valence-corrected chi connectivity index (χ2v) is 4.41. The highest BCUT2D eigenvalue weighted by Gasteiger charge is 2.18. The fourth-order valence-corrected chi connectivity index (χ4v) is 1.94. The van der Waals surface area contributed by atoms with E-state index in [1.165, 1.54) is 0 Å². The number of hydrogen-bond donors (Lipinski definition) is 1.